The molecule has 2 amide bonds. The highest BCUT2D eigenvalue weighted by Gasteiger charge is 2.32. The lowest BCUT2D eigenvalue weighted by atomic mass is 10.1. The first-order chi connectivity index (χ1) is 10.8. The van der Waals surface area contributed by atoms with Gasteiger partial charge in [-0.1, -0.05) is 6.07 Å². The second kappa shape index (κ2) is 7.07. The van der Waals surface area contributed by atoms with Crippen molar-refractivity contribution in [1.82, 2.24) is 9.62 Å². The summed E-state index contributed by atoms with van der Waals surface area (Å²) in [4.78, 5) is 25.2. The van der Waals surface area contributed by atoms with E-state index < -0.39 is 15.9 Å². The molecule has 0 saturated carbocycles. The number of anilines is 1. The monoisotopic (exact) mass is 340 g/mol. The summed E-state index contributed by atoms with van der Waals surface area (Å²) >= 11 is 0. The van der Waals surface area contributed by atoms with E-state index >= 15 is 0 Å². The number of nitrogens with one attached hydrogen (secondary N) is 2. The first-order valence-corrected chi connectivity index (χ1v) is 8.66. The summed E-state index contributed by atoms with van der Waals surface area (Å²) in [6, 6.07) is 5.94. The van der Waals surface area contributed by atoms with E-state index in [1.807, 2.05) is 0 Å². The first-order valence-electron chi connectivity index (χ1n) is 7.18. The number of hydrogen-bond acceptors (Lipinski definition) is 5. The molecule has 0 spiro atoms. The summed E-state index contributed by atoms with van der Waals surface area (Å²) < 4.78 is 26.4. The van der Waals surface area contributed by atoms with Crippen LogP contribution in [0, 0.1) is 5.92 Å². The van der Waals surface area contributed by atoms with Gasteiger partial charge in [-0.3, -0.25) is 9.59 Å². The zero-order valence-electron chi connectivity index (χ0n) is 12.8. The van der Waals surface area contributed by atoms with Crippen molar-refractivity contribution >= 4 is 27.5 Å². The van der Waals surface area contributed by atoms with Gasteiger partial charge >= 0.3 is 0 Å². The van der Waals surface area contributed by atoms with Crippen molar-refractivity contribution in [3.05, 3.63) is 24.3 Å². The van der Waals surface area contributed by atoms with Gasteiger partial charge in [-0.15, -0.1) is 0 Å². The Balaban J connectivity index is 2.08. The van der Waals surface area contributed by atoms with Crippen molar-refractivity contribution in [1.29, 1.82) is 0 Å². The third-order valence-corrected chi connectivity index (χ3v) is 5.02. The number of benzene rings is 1. The number of sulfonamides is 1. The van der Waals surface area contributed by atoms with E-state index in [-0.39, 0.29) is 36.2 Å². The Morgan fingerprint density at radius 1 is 1.43 bits per heavy atom. The maximum atomic E-state index is 12.2. The highest BCUT2D eigenvalue weighted by Crippen LogP contribution is 2.20. The standard InChI is InChI=1S/C14H20N4O4S/c1-18-9-10(7-13(18)19)14(20)17-11-3-2-4-12(8-11)23(21,22)16-6-5-15/h2-4,8,10,16H,5-7,9,15H2,1H3,(H,17,20). The van der Waals surface area contributed by atoms with E-state index in [1.165, 1.54) is 17.0 Å². The number of nitrogens with zero attached hydrogens (tertiary/aromatic N) is 1. The van der Waals surface area contributed by atoms with Gasteiger partial charge in [0, 0.05) is 38.8 Å². The summed E-state index contributed by atoms with van der Waals surface area (Å²) in [5.41, 5.74) is 5.65. The van der Waals surface area contributed by atoms with E-state index in [4.69, 9.17) is 5.73 Å². The zero-order chi connectivity index (χ0) is 17.0. The summed E-state index contributed by atoms with van der Waals surface area (Å²) in [5, 5.41) is 2.66. The van der Waals surface area contributed by atoms with Crippen molar-refractivity contribution in [3.63, 3.8) is 0 Å². The summed E-state index contributed by atoms with van der Waals surface area (Å²) in [6.45, 7) is 0.690. The highest BCUT2D eigenvalue weighted by molar-refractivity contribution is 7.89. The molecule has 8 nitrogen and oxygen atoms in total. The normalized spacial score (nSPS) is 18.3. The summed E-state index contributed by atoms with van der Waals surface area (Å²) in [6.07, 6.45) is 0.165. The molecule has 1 heterocycles. The molecule has 0 aliphatic carbocycles. The Morgan fingerprint density at radius 3 is 2.78 bits per heavy atom. The Labute approximate surface area is 135 Å². The minimum Gasteiger partial charge on any atom is -0.345 e. The van der Waals surface area contributed by atoms with E-state index in [0.29, 0.717) is 12.2 Å². The minimum atomic E-state index is -3.66. The number of nitrogens with two attached hydrogens (primary N) is 1. The van der Waals surface area contributed by atoms with Crippen LogP contribution in [0.25, 0.3) is 0 Å². The maximum Gasteiger partial charge on any atom is 0.240 e. The molecule has 2 rings (SSSR count). The predicted molar refractivity (Wildman–Crippen MR) is 85.1 cm³/mol. The van der Waals surface area contributed by atoms with Crippen molar-refractivity contribution in [2.24, 2.45) is 11.7 Å². The van der Waals surface area contributed by atoms with E-state index in [1.54, 1.807) is 19.2 Å². The molecule has 9 heteroatoms. The lowest BCUT2D eigenvalue weighted by Gasteiger charge is -2.12. The van der Waals surface area contributed by atoms with Crippen molar-refractivity contribution in [2.75, 3.05) is 32.0 Å². The van der Waals surface area contributed by atoms with Gasteiger partial charge in [0.1, 0.15) is 0 Å². The molecular weight excluding hydrogens is 320 g/mol. The topological polar surface area (TPSA) is 122 Å². The Kier molecular flexibility index (Phi) is 5.34. The van der Waals surface area contributed by atoms with Gasteiger partial charge in [0.25, 0.3) is 0 Å². The molecule has 1 saturated heterocycles. The Bertz CT molecular complexity index is 704. The fraction of sp³-hybridized carbons (Fsp3) is 0.429. The third kappa shape index (κ3) is 4.27. The molecule has 0 radical (unpaired) electrons. The SMILES string of the molecule is CN1CC(C(=O)Nc2cccc(S(=O)(=O)NCCN)c2)CC1=O. The van der Waals surface area contributed by atoms with Gasteiger partial charge in [-0.2, -0.15) is 0 Å². The average molecular weight is 340 g/mol. The van der Waals surface area contributed by atoms with Gasteiger partial charge in [0.2, 0.25) is 21.8 Å². The Morgan fingerprint density at radius 2 is 2.17 bits per heavy atom. The molecular formula is C14H20N4O4S. The van der Waals surface area contributed by atoms with Crippen LogP contribution in [0.1, 0.15) is 6.42 Å². The highest BCUT2D eigenvalue weighted by atomic mass is 32.2. The van der Waals surface area contributed by atoms with E-state index in [2.05, 4.69) is 10.0 Å². The number of rotatable bonds is 6. The van der Waals surface area contributed by atoms with Crippen LogP contribution in [-0.4, -0.2) is 51.8 Å². The average Bonchev–Trinajstić information content (AvgIpc) is 2.85. The number of likely N-dealkylation sites (tertiary alicyclic amines) is 1. The molecule has 1 aliphatic rings. The van der Waals surface area contributed by atoms with Gasteiger partial charge in [-0.25, -0.2) is 13.1 Å². The van der Waals surface area contributed by atoms with Gasteiger partial charge in [0.05, 0.1) is 10.8 Å². The largest absolute Gasteiger partial charge is 0.345 e. The molecule has 1 fully saturated rings. The van der Waals surface area contributed by atoms with Crippen LogP contribution in [0.15, 0.2) is 29.2 Å². The van der Waals surface area contributed by atoms with Crippen LogP contribution in [0.4, 0.5) is 5.69 Å². The summed E-state index contributed by atoms with van der Waals surface area (Å²) in [5.74, 6) is -0.803. The lowest BCUT2D eigenvalue weighted by Crippen LogP contribution is -2.29. The Hall–Kier alpha value is -1.97. The van der Waals surface area contributed by atoms with Crippen LogP contribution in [0.2, 0.25) is 0 Å². The number of carbonyl (C=O) groups excluding carboxylic acids is 2. The van der Waals surface area contributed by atoms with Crippen LogP contribution in [0.5, 0.6) is 0 Å². The van der Waals surface area contributed by atoms with Crippen molar-refractivity contribution in [3.8, 4) is 0 Å². The predicted octanol–water partition coefficient (Wildman–Crippen LogP) is -0.660. The minimum absolute atomic E-state index is 0.0448. The van der Waals surface area contributed by atoms with E-state index in [9.17, 15) is 18.0 Å². The van der Waals surface area contributed by atoms with Gasteiger partial charge < -0.3 is 16.0 Å². The third-order valence-electron chi connectivity index (χ3n) is 3.56. The fourth-order valence-corrected chi connectivity index (χ4v) is 3.39. The molecule has 1 aromatic rings. The molecule has 23 heavy (non-hydrogen) atoms. The van der Waals surface area contributed by atoms with E-state index in [0.717, 1.165) is 0 Å². The first kappa shape index (κ1) is 17.4. The fourth-order valence-electron chi connectivity index (χ4n) is 2.30. The lowest BCUT2D eigenvalue weighted by molar-refractivity contribution is -0.127. The quantitative estimate of drug-likeness (QED) is 0.635. The molecule has 4 N–H and O–H groups in total. The molecule has 0 aromatic heterocycles. The molecule has 1 aromatic carbocycles. The molecule has 1 atom stereocenters. The number of amides is 2. The molecule has 1 unspecified atom stereocenters. The van der Waals surface area contributed by atoms with Gasteiger partial charge in [0.15, 0.2) is 0 Å². The van der Waals surface area contributed by atoms with Crippen LogP contribution >= 0.6 is 0 Å². The molecule has 0 bridgehead atoms. The second-order valence-corrected chi connectivity index (χ2v) is 7.15. The number of carbonyl (C=O) groups is 2. The summed E-state index contributed by atoms with van der Waals surface area (Å²) in [7, 11) is -2.02. The maximum absolute atomic E-state index is 12.2. The molecule has 126 valence electrons. The van der Waals surface area contributed by atoms with Crippen LogP contribution in [0.3, 0.4) is 0 Å². The smallest absolute Gasteiger partial charge is 0.240 e. The van der Waals surface area contributed by atoms with Crippen LogP contribution in [-0.2, 0) is 19.6 Å². The van der Waals surface area contributed by atoms with Crippen LogP contribution < -0.4 is 15.8 Å². The van der Waals surface area contributed by atoms with Crippen molar-refractivity contribution in [2.45, 2.75) is 11.3 Å². The zero-order valence-corrected chi connectivity index (χ0v) is 13.6. The second-order valence-electron chi connectivity index (χ2n) is 5.38. The number of hydrogen-bond donors (Lipinski definition) is 3. The van der Waals surface area contributed by atoms with Gasteiger partial charge in [-0.05, 0) is 18.2 Å². The molecule has 1 aliphatic heterocycles. The van der Waals surface area contributed by atoms with Crippen molar-refractivity contribution < 1.29 is 18.0 Å².